The van der Waals surface area contributed by atoms with Crippen molar-refractivity contribution in [3.63, 3.8) is 0 Å². The fraction of sp³-hybridized carbons (Fsp3) is 0.538. The molecule has 2 rings (SSSR count). The molecule has 1 unspecified atom stereocenters. The van der Waals surface area contributed by atoms with Crippen molar-refractivity contribution in [1.29, 1.82) is 0 Å². The first-order valence-corrected chi connectivity index (χ1v) is 6.94. The third-order valence-electron chi connectivity index (χ3n) is 3.28. The van der Waals surface area contributed by atoms with Crippen LogP contribution in [-0.2, 0) is 17.6 Å². The molecule has 5 heteroatoms. The summed E-state index contributed by atoms with van der Waals surface area (Å²) in [5.74, 6) is 0.0973. The number of thiophene rings is 1. The molecule has 0 aliphatic heterocycles. The average Bonchev–Trinajstić information content (AvgIpc) is 2.69. The van der Waals surface area contributed by atoms with E-state index in [4.69, 9.17) is 5.73 Å². The van der Waals surface area contributed by atoms with E-state index < -0.39 is 5.91 Å². The Morgan fingerprint density at radius 3 is 2.94 bits per heavy atom. The average molecular weight is 266 g/mol. The Hall–Kier alpha value is -1.36. The van der Waals surface area contributed by atoms with Gasteiger partial charge < -0.3 is 10.6 Å². The van der Waals surface area contributed by atoms with Crippen LogP contribution in [0.2, 0.25) is 0 Å². The Bertz CT molecular complexity index is 481. The summed E-state index contributed by atoms with van der Waals surface area (Å²) in [7, 11) is 1.61. The molecule has 0 saturated carbocycles. The number of amides is 2. The lowest BCUT2D eigenvalue weighted by Crippen LogP contribution is -2.34. The minimum atomic E-state index is -0.485. The van der Waals surface area contributed by atoms with Crippen LogP contribution in [0.4, 0.5) is 0 Å². The number of fused-ring (bicyclic) bond motifs is 1. The highest BCUT2D eigenvalue weighted by Gasteiger charge is 2.22. The third-order valence-corrected chi connectivity index (χ3v) is 4.50. The van der Waals surface area contributed by atoms with E-state index in [9.17, 15) is 9.59 Å². The molecule has 1 aromatic rings. The van der Waals surface area contributed by atoms with Crippen LogP contribution in [-0.4, -0.2) is 30.3 Å². The van der Waals surface area contributed by atoms with Gasteiger partial charge in [-0.3, -0.25) is 9.59 Å². The molecule has 0 radical (unpaired) electrons. The number of hydrogen-bond donors (Lipinski definition) is 1. The van der Waals surface area contributed by atoms with Crippen LogP contribution >= 0.6 is 11.3 Å². The number of primary amides is 1. The molecular formula is C13H18N2O2S. The van der Waals surface area contributed by atoms with Crippen LogP contribution in [0.5, 0.6) is 0 Å². The summed E-state index contributed by atoms with van der Waals surface area (Å²) in [5.41, 5.74) is 6.40. The number of likely N-dealkylation sites (N-methyl/N-ethyl adjacent to an activating group) is 1. The second kappa shape index (κ2) is 5.10. The van der Waals surface area contributed by atoms with Gasteiger partial charge in [-0.05, 0) is 36.8 Å². The largest absolute Gasteiger partial charge is 0.368 e. The van der Waals surface area contributed by atoms with Crippen molar-refractivity contribution >= 4 is 23.2 Å². The molecule has 2 amide bonds. The van der Waals surface area contributed by atoms with E-state index in [1.165, 1.54) is 21.8 Å². The molecule has 0 fully saturated rings. The highest BCUT2D eigenvalue weighted by Crippen LogP contribution is 2.32. The van der Waals surface area contributed by atoms with Crippen LogP contribution in [0.3, 0.4) is 0 Å². The predicted molar refractivity (Wildman–Crippen MR) is 71.7 cm³/mol. The molecule has 1 aromatic heterocycles. The van der Waals surface area contributed by atoms with E-state index in [0.29, 0.717) is 5.92 Å². The highest BCUT2D eigenvalue weighted by atomic mass is 32.1. The molecule has 4 nitrogen and oxygen atoms in total. The van der Waals surface area contributed by atoms with Crippen LogP contribution < -0.4 is 5.73 Å². The Morgan fingerprint density at radius 1 is 1.56 bits per heavy atom. The Kier molecular flexibility index (Phi) is 3.71. The van der Waals surface area contributed by atoms with Gasteiger partial charge in [-0.1, -0.05) is 6.92 Å². The Labute approximate surface area is 111 Å². The normalized spacial score (nSPS) is 18.2. The van der Waals surface area contributed by atoms with Crippen LogP contribution in [0.15, 0.2) is 6.07 Å². The maximum absolute atomic E-state index is 12.1. The van der Waals surface area contributed by atoms with E-state index in [1.807, 2.05) is 6.07 Å². The van der Waals surface area contributed by atoms with Crippen molar-refractivity contribution in [2.75, 3.05) is 13.6 Å². The first kappa shape index (κ1) is 13.1. The van der Waals surface area contributed by atoms with E-state index in [0.717, 1.165) is 17.7 Å². The third kappa shape index (κ3) is 2.72. The zero-order chi connectivity index (χ0) is 13.3. The fourth-order valence-corrected chi connectivity index (χ4v) is 3.51. The minimum Gasteiger partial charge on any atom is -0.368 e. The summed E-state index contributed by atoms with van der Waals surface area (Å²) in [4.78, 5) is 26.3. The summed E-state index contributed by atoms with van der Waals surface area (Å²) in [6.07, 6.45) is 3.31. The summed E-state index contributed by atoms with van der Waals surface area (Å²) in [6, 6.07) is 1.98. The molecule has 2 N–H and O–H groups in total. The second-order valence-corrected chi connectivity index (χ2v) is 6.17. The van der Waals surface area contributed by atoms with Gasteiger partial charge in [0.15, 0.2) is 0 Å². The van der Waals surface area contributed by atoms with Crippen molar-refractivity contribution in [2.45, 2.75) is 26.2 Å². The van der Waals surface area contributed by atoms with Gasteiger partial charge in [-0.15, -0.1) is 11.3 Å². The molecule has 0 aromatic carbocycles. The van der Waals surface area contributed by atoms with Gasteiger partial charge in [-0.25, -0.2) is 0 Å². The van der Waals surface area contributed by atoms with E-state index >= 15 is 0 Å². The Balaban J connectivity index is 2.14. The zero-order valence-electron chi connectivity index (χ0n) is 10.7. The summed E-state index contributed by atoms with van der Waals surface area (Å²) >= 11 is 1.56. The van der Waals surface area contributed by atoms with Crippen molar-refractivity contribution in [3.8, 4) is 0 Å². The van der Waals surface area contributed by atoms with Gasteiger partial charge in [0.2, 0.25) is 5.91 Å². The highest BCUT2D eigenvalue weighted by molar-refractivity contribution is 7.14. The van der Waals surface area contributed by atoms with Crippen molar-refractivity contribution in [2.24, 2.45) is 11.7 Å². The predicted octanol–water partition coefficient (Wildman–Crippen LogP) is 1.43. The lowest BCUT2D eigenvalue weighted by atomic mass is 9.90. The van der Waals surface area contributed by atoms with Crippen molar-refractivity contribution < 1.29 is 9.59 Å². The maximum Gasteiger partial charge on any atom is 0.264 e. The topological polar surface area (TPSA) is 63.4 Å². The number of carbonyl (C=O) groups excluding carboxylic acids is 2. The molecule has 1 heterocycles. The van der Waals surface area contributed by atoms with Gasteiger partial charge in [0.1, 0.15) is 0 Å². The van der Waals surface area contributed by atoms with Crippen molar-refractivity contribution in [1.82, 2.24) is 4.90 Å². The van der Waals surface area contributed by atoms with E-state index in [1.54, 1.807) is 18.4 Å². The molecule has 0 bridgehead atoms. The molecule has 1 aliphatic carbocycles. The minimum absolute atomic E-state index is 0.0300. The van der Waals surface area contributed by atoms with E-state index in [2.05, 4.69) is 6.92 Å². The fourth-order valence-electron chi connectivity index (χ4n) is 2.30. The quantitative estimate of drug-likeness (QED) is 0.899. The van der Waals surface area contributed by atoms with Gasteiger partial charge in [-0.2, -0.15) is 0 Å². The molecule has 0 spiro atoms. The number of nitrogens with two attached hydrogens (primary N) is 1. The molecular weight excluding hydrogens is 248 g/mol. The summed E-state index contributed by atoms with van der Waals surface area (Å²) < 4.78 is 0. The van der Waals surface area contributed by atoms with Gasteiger partial charge in [0.05, 0.1) is 11.4 Å². The lowest BCUT2D eigenvalue weighted by Gasteiger charge is -2.16. The van der Waals surface area contributed by atoms with Gasteiger partial charge in [0, 0.05) is 11.9 Å². The standard InChI is InChI=1S/C13H18N2O2S/c1-8-3-4-10-9(5-8)6-11(18-10)13(17)15(2)7-12(14)16/h6,8H,3-5,7H2,1-2H3,(H2,14,16). The van der Waals surface area contributed by atoms with Gasteiger partial charge >= 0.3 is 0 Å². The van der Waals surface area contributed by atoms with Crippen LogP contribution in [0.1, 0.15) is 33.5 Å². The number of aryl methyl sites for hydroxylation is 1. The zero-order valence-corrected chi connectivity index (χ0v) is 11.5. The monoisotopic (exact) mass is 266 g/mol. The molecule has 0 saturated heterocycles. The molecule has 98 valence electrons. The number of rotatable bonds is 3. The molecule has 18 heavy (non-hydrogen) atoms. The first-order chi connectivity index (χ1) is 8.47. The molecule has 1 atom stereocenters. The van der Waals surface area contributed by atoms with Crippen LogP contribution in [0.25, 0.3) is 0 Å². The van der Waals surface area contributed by atoms with Crippen LogP contribution in [0, 0.1) is 5.92 Å². The summed E-state index contributed by atoms with van der Waals surface area (Å²) in [5, 5.41) is 0. The molecule has 1 aliphatic rings. The van der Waals surface area contributed by atoms with E-state index in [-0.39, 0.29) is 12.5 Å². The number of carbonyl (C=O) groups is 2. The lowest BCUT2D eigenvalue weighted by molar-refractivity contribution is -0.118. The summed E-state index contributed by atoms with van der Waals surface area (Å²) in [6.45, 7) is 2.21. The second-order valence-electron chi connectivity index (χ2n) is 5.03. The Morgan fingerprint density at radius 2 is 2.28 bits per heavy atom. The number of hydrogen-bond acceptors (Lipinski definition) is 3. The van der Waals surface area contributed by atoms with Crippen molar-refractivity contribution in [3.05, 3.63) is 21.4 Å². The number of nitrogens with zero attached hydrogens (tertiary/aromatic N) is 1. The SMILES string of the molecule is CC1CCc2sc(C(=O)N(C)CC(N)=O)cc2C1. The smallest absolute Gasteiger partial charge is 0.264 e. The maximum atomic E-state index is 12.1. The van der Waals surface area contributed by atoms with Gasteiger partial charge in [0.25, 0.3) is 5.91 Å². The first-order valence-electron chi connectivity index (χ1n) is 6.12.